The first-order valence-electron chi connectivity index (χ1n) is 16.3. The molecule has 52 heavy (non-hydrogen) atoms. The number of carboxylic acids is 1. The van der Waals surface area contributed by atoms with E-state index in [-0.39, 0.29) is 12.5 Å². The minimum absolute atomic E-state index is 0.0488. The Labute approximate surface area is 296 Å². The predicted octanol–water partition coefficient (Wildman–Crippen LogP) is 7.19. The van der Waals surface area contributed by atoms with Gasteiger partial charge >= 0.3 is 24.3 Å². The van der Waals surface area contributed by atoms with Gasteiger partial charge in [0.25, 0.3) is 0 Å². The van der Waals surface area contributed by atoms with Crippen molar-refractivity contribution < 1.29 is 42.6 Å². The summed E-state index contributed by atoms with van der Waals surface area (Å²) >= 11 is 0. The average Bonchev–Trinajstić information content (AvgIpc) is 3.11. The number of likely N-dealkylation sites (tertiary alicyclic amines) is 1. The van der Waals surface area contributed by atoms with Crippen molar-refractivity contribution in [2.75, 3.05) is 12.3 Å². The van der Waals surface area contributed by atoms with Gasteiger partial charge in [0, 0.05) is 12.7 Å². The highest BCUT2D eigenvalue weighted by molar-refractivity contribution is 6.02. The smallest absolute Gasteiger partial charge is 0.475 e. The number of benzene rings is 4. The highest BCUT2D eigenvalue weighted by Gasteiger charge is 2.52. The SMILES string of the molecule is C[C@H](c1cccc2ccccc12)N(C[C@@H]1[C@@H](Cc2ccnc(N)c2)C(=O)N1C(=O)N[C@H](C)c1cccc2ccccc12)C(=O)O.O=C(O)C(F)(F)F. The van der Waals surface area contributed by atoms with Crippen molar-refractivity contribution in [3.05, 3.63) is 120 Å². The highest BCUT2D eigenvalue weighted by atomic mass is 19.4. The first-order chi connectivity index (χ1) is 24.7. The van der Waals surface area contributed by atoms with E-state index in [1.807, 2.05) is 98.8 Å². The maximum atomic E-state index is 13.8. The van der Waals surface area contributed by atoms with Crippen LogP contribution in [0.3, 0.4) is 0 Å². The van der Waals surface area contributed by atoms with Gasteiger partial charge in [-0.15, -0.1) is 0 Å². The Kier molecular flexibility index (Phi) is 11.0. The van der Waals surface area contributed by atoms with Gasteiger partial charge in [-0.05, 0) is 70.6 Å². The van der Waals surface area contributed by atoms with Crippen LogP contribution in [0.1, 0.15) is 42.6 Å². The van der Waals surface area contributed by atoms with Gasteiger partial charge in [0.05, 0.1) is 24.0 Å². The maximum absolute atomic E-state index is 13.8. The standard InChI is InChI=1S/C36H35N5O4.C2HF3O2/c1-22(27-15-7-11-25-9-3-5-13-29(25)27)39-35(43)41-32(31(34(41)42)19-24-17-18-38-33(37)20-24)21-40(36(44)45)23(2)28-16-8-12-26-10-4-6-14-30(26)28;3-2(4,5)1(6)7/h3-18,20,22-23,31-32H,19,21H2,1-2H3,(H2,37,38)(H,39,43)(H,44,45);(H,6,7)/t22-,23-,31-,32-;/m1./s1. The number of urea groups is 1. The van der Waals surface area contributed by atoms with Crippen LogP contribution in [0.5, 0.6) is 0 Å². The second-order valence-electron chi connectivity index (χ2n) is 12.4. The lowest BCUT2D eigenvalue weighted by atomic mass is 9.82. The number of anilines is 1. The summed E-state index contributed by atoms with van der Waals surface area (Å²) in [5.41, 5.74) is 8.46. The number of nitrogens with two attached hydrogens (primary N) is 1. The van der Waals surface area contributed by atoms with E-state index in [4.69, 9.17) is 15.6 Å². The van der Waals surface area contributed by atoms with Crippen LogP contribution in [-0.2, 0) is 16.0 Å². The van der Waals surface area contributed by atoms with Crippen molar-refractivity contribution in [3.8, 4) is 0 Å². The number of aliphatic carboxylic acids is 1. The number of nitrogens with zero attached hydrogens (tertiary/aromatic N) is 3. The number of carbonyl (C=O) groups excluding carboxylic acids is 2. The fourth-order valence-electron chi connectivity index (χ4n) is 6.51. The Bertz CT molecular complexity index is 2120. The number of hydrogen-bond donors (Lipinski definition) is 4. The summed E-state index contributed by atoms with van der Waals surface area (Å²) in [7, 11) is 0. The molecule has 270 valence electrons. The number of amides is 4. The van der Waals surface area contributed by atoms with E-state index in [1.165, 1.54) is 9.80 Å². The second-order valence-corrected chi connectivity index (χ2v) is 12.4. The molecule has 0 spiro atoms. The summed E-state index contributed by atoms with van der Waals surface area (Å²) in [6.07, 6.45) is -4.34. The van der Waals surface area contributed by atoms with E-state index in [2.05, 4.69) is 10.3 Å². The second kappa shape index (κ2) is 15.4. The van der Waals surface area contributed by atoms with Gasteiger partial charge in [-0.1, -0.05) is 84.9 Å². The molecule has 0 saturated carbocycles. The molecule has 1 aliphatic heterocycles. The topological polar surface area (TPSA) is 166 Å². The number of pyridine rings is 1. The molecule has 0 bridgehead atoms. The Morgan fingerprint density at radius 1 is 0.885 bits per heavy atom. The monoisotopic (exact) mass is 715 g/mol. The first kappa shape index (κ1) is 37.1. The summed E-state index contributed by atoms with van der Waals surface area (Å²) in [6.45, 7) is 3.66. The van der Waals surface area contributed by atoms with Crippen LogP contribution in [0.4, 0.5) is 28.6 Å². The number of carboxylic acid groups (broad SMARTS) is 2. The van der Waals surface area contributed by atoms with Crippen LogP contribution in [0.25, 0.3) is 21.5 Å². The van der Waals surface area contributed by atoms with Crippen molar-refractivity contribution in [1.29, 1.82) is 0 Å². The van der Waals surface area contributed by atoms with E-state index >= 15 is 0 Å². The van der Waals surface area contributed by atoms with E-state index in [0.29, 0.717) is 12.2 Å². The average molecular weight is 716 g/mol. The van der Waals surface area contributed by atoms with E-state index in [0.717, 1.165) is 38.2 Å². The summed E-state index contributed by atoms with van der Waals surface area (Å²) in [4.78, 5) is 55.7. The van der Waals surface area contributed by atoms with E-state index in [1.54, 1.807) is 18.3 Å². The molecule has 4 atom stereocenters. The molecule has 1 aromatic heterocycles. The van der Waals surface area contributed by atoms with Crippen LogP contribution in [-0.4, -0.2) is 67.8 Å². The van der Waals surface area contributed by atoms with Gasteiger partial charge in [0.1, 0.15) is 5.82 Å². The fourth-order valence-corrected chi connectivity index (χ4v) is 6.51. The number of β-lactam (4-membered cyclic amide) rings is 1. The van der Waals surface area contributed by atoms with Gasteiger partial charge in [-0.25, -0.2) is 19.4 Å². The number of alkyl halides is 3. The molecule has 0 radical (unpaired) electrons. The minimum atomic E-state index is -5.08. The number of fused-ring (bicyclic) bond motifs is 2. The lowest BCUT2D eigenvalue weighted by molar-refractivity contribution is -0.192. The summed E-state index contributed by atoms with van der Waals surface area (Å²) in [6, 6.07) is 28.7. The summed E-state index contributed by atoms with van der Waals surface area (Å²) in [5, 5.41) is 24.6. The van der Waals surface area contributed by atoms with Crippen molar-refractivity contribution in [2.45, 2.75) is 44.6 Å². The molecule has 4 aromatic carbocycles. The number of nitrogens with one attached hydrogen (secondary N) is 1. The van der Waals surface area contributed by atoms with Crippen LogP contribution >= 0.6 is 0 Å². The Morgan fingerprint density at radius 2 is 1.42 bits per heavy atom. The largest absolute Gasteiger partial charge is 0.490 e. The zero-order valence-corrected chi connectivity index (χ0v) is 28.1. The van der Waals surface area contributed by atoms with Gasteiger partial charge in [-0.2, -0.15) is 13.2 Å². The number of carbonyl (C=O) groups is 4. The molecule has 1 saturated heterocycles. The molecular weight excluding hydrogens is 679 g/mol. The third kappa shape index (κ3) is 8.06. The number of aromatic nitrogens is 1. The van der Waals surface area contributed by atoms with Crippen LogP contribution in [0.15, 0.2) is 103 Å². The third-order valence-electron chi connectivity index (χ3n) is 9.11. The van der Waals surface area contributed by atoms with Gasteiger partial charge in [0.2, 0.25) is 5.91 Å². The van der Waals surface area contributed by atoms with Crippen molar-refractivity contribution in [2.24, 2.45) is 5.92 Å². The number of hydrogen-bond acceptors (Lipinski definition) is 6. The Morgan fingerprint density at radius 3 is 1.98 bits per heavy atom. The number of rotatable bonds is 8. The van der Waals surface area contributed by atoms with Crippen molar-refractivity contribution >= 4 is 51.4 Å². The van der Waals surface area contributed by atoms with Gasteiger partial charge in [0.15, 0.2) is 0 Å². The molecule has 4 amide bonds. The van der Waals surface area contributed by atoms with Crippen LogP contribution in [0, 0.1) is 5.92 Å². The molecule has 6 rings (SSSR count). The molecule has 1 fully saturated rings. The van der Waals surface area contributed by atoms with Crippen LogP contribution in [0.2, 0.25) is 0 Å². The predicted molar refractivity (Wildman–Crippen MR) is 188 cm³/mol. The normalized spacial score (nSPS) is 16.6. The fraction of sp³-hybridized carbons (Fsp3) is 0.237. The van der Waals surface area contributed by atoms with E-state index in [9.17, 15) is 32.7 Å². The summed E-state index contributed by atoms with van der Waals surface area (Å²) in [5.74, 6) is -3.41. The molecular formula is C38H36F3N5O6. The van der Waals surface area contributed by atoms with Crippen molar-refractivity contribution in [1.82, 2.24) is 20.1 Å². The zero-order chi connectivity index (χ0) is 37.7. The molecule has 0 aliphatic carbocycles. The minimum Gasteiger partial charge on any atom is -0.475 e. The third-order valence-corrected chi connectivity index (χ3v) is 9.11. The number of halogens is 3. The Hall–Kier alpha value is -6.18. The van der Waals surface area contributed by atoms with Gasteiger partial charge < -0.3 is 21.3 Å². The number of imide groups is 1. The summed E-state index contributed by atoms with van der Waals surface area (Å²) < 4.78 is 31.7. The maximum Gasteiger partial charge on any atom is 0.490 e. The van der Waals surface area contributed by atoms with E-state index < -0.39 is 48.3 Å². The highest BCUT2D eigenvalue weighted by Crippen LogP contribution is 2.35. The lowest BCUT2D eigenvalue weighted by Crippen LogP contribution is -2.69. The van der Waals surface area contributed by atoms with Crippen LogP contribution < -0.4 is 11.1 Å². The molecule has 14 heteroatoms. The number of nitrogen functional groups attached to an aromatic ring is 1. The van der Waals surface area contributed by atoms with Gasteiger partial charge in [-0.3, -0.25) is 14.6 Å². The lowest BCUT2D eigenvalue weighted by Gasteiger charge is -2.48. The molecule has 2 heterocycles. The zero-order valence-electron chi connectivity index (χ0n) is 28.1. The first-order valence-corrected chi connectivity index (χ1v) is 16.3. The molecule has 5 N–H and O–H groups in total. The molecule has 11 nitrogen and oxygen atoms in total. The van der Waals surface area contributed by atoms with Crippen molar-refractivity contribution in [3.63, 3.8) is 0 Å². The molecule has 0 unspecified atom stereocenters. The molecule has 1 aliphatic rings. The Balaban J connectivity index is 0.000000679. The quantitative estimate of drug-likeness (QED) is 0.123. The molecule has 5 aromatic rings.